The summed E-state index contributed by atoms with van der Waals surface area (Å²) in [7, 11) is 0. The van der Waals surface area contributed by atoms with Crippen molar-refractivity contribution in [1.82, 2.24) is 0 Å². The van der Waals surface area contributed by atoms with E-state index in [1.165, 1.54) is 0 Å². The van der Waals surface area contributed by atoms with Crippen LogP contribution in [-0.2, 0) is 9.47 Å². The predicted molar refractivity (Wildman–Crippen MR) is 60.1 cm³/mol. The van der Waals surface area contributed by atoms with E-state index in [1.807, 2.05) is 30.3 Å². The molecule has 2 aliphatic rings. The van der Waals surface area contributed by atoms with Crippen molar-refractivity contribution in [3.63, 3.8) is 0 Å². The summed E-state index contributed by atoms with van der Waals surface area (Å²) in [5.74, 6) is 0. The molecule has 0 bridgehead atoms. The summed E-state index contributed by atoms with van der Waals surface area (Å²) in [6.07, 6.45) is 0.204. The molecule has 0 radical (unpaired) electrons. The lowest BCUT2D eigenvalue weighted by atomic mass is 9.97. The van der Waals surface area contributed by atoms with Gasteiger partial charge in [0.25, 0.3) is 0 Å². The molecule has 1 aromatic carbocycles. The summed E-state index contributed by atoms with van der Waals surface area (Å²) >= 11 is 0. The highest BCUT2D eigenvalue weighted by molar-refractivity contribution is 5.19. The van der Waals surface area contributed by atoms with Gasteiger partial charge >= 0.3 is 0 Å². The molecule has 1 heterocycles. The molecule has 1 aliphatic carbocycles. The molecule has 4 nitrogen and oxygen atoms in total. The molecule has 1 saturated heterocycles. The van der Waals surface area contributed by atoms with Gasteiger partial charge in [0.15, 0.2) is 6.29 Å². The number of aliphatic hydroxyl groups is 2. The summed E-state index contributed by atoms with van der Waals surface area (Å²) in [6, 6.07) is 9.56. The smallest absolute Gasteiger partial charge is 0.185 e. The maximum absolute atomic E-state index is 9.81. The lowest BCUT2D eigenvalue weighted by Gasteiger charge is -2.26. The molecule has 90 valence electrons. The number of benzene rings is 1. The molecule has 4 heteroatoms. The van der Waals surface area contributed by atoms with Gasteiger partial charge in [-0.1, -0.05) is 42.5 Å². The van der Waals surface area contributed by atoms with Crippen LogP contribution in [0.1, 0.15) is 11.9 Å². The zero-order valence-corrected chi connectivity index (χ0v) is 9.14. The molecule has 1 aliphatic heterocycles. The molecule has 0 spiro atoms. The van der Waals surface area contributed by atoms with Crippen molar-refractivity contribution in [2.24, 2.45) is 0 Å². The molecular weight excluding hydrogens is 220 g/mol. The van der Waals surface area contributed by atoms with Crippen LogP contribution in [0.2, 0.25) is 0 Å². The van der Waals surface area contributed by atoms with Crippen molar-refractivity contribution in [2.45, 2.75) is 30.7 Å². The van der Waals surface area contributed by atoms with E-state index in [1.54, 1.807) is 12.2 Å². The quantitative estimate of drug-likeness (QED) is 0.704. The monoisotopic (exact) mass is 234 g/mol. The molecule has 3 rings (SSSR count). The number of ether oxygens (including phenoxy) is 2. The van der Waals surface area contributed by atoms with E-state index >= 15 is 0 Å². The number of aliphatic hydroxyl groups excluding tert-OH is 2. The Morgan fingerprint density at radius 1 is 0.941 bits per heavy atom. The molecular formula is C13H14O4. The third-order valence-corrected chi connectivity index (χ3v) is 3.14. The Morgan fingerprint density at radius 3 is 2.47 bits per heavy atom. The first-order valence-electron chi connectivity index (χ1n) is 5.66. The van der Waals surface area contributed by atoms with Crippen LogP contribution in [0, 0.1) is 0 Å². The van der Waals surface area contributed by atoms with Gasteiger partial charge in [-0.15, -0.1) is 0 Å². The second-order valence-electron chi connectivity index (χ2n) is 4.31. The minimum Gasteiger partial charge on any atom is -0.387 e. The Morgan fingerprint density at radius 2 is 1.71 bits per heavy atom. The fourth-order valence-electron chi connectivity index (χ4n) is 2.20. The first-order chi connectivity index (χ1) is 8.25. The first-order valence-corrected chi connectivity index (χ1v) is 5.66. The highest BCUT2D eigenvalue weighted by Gasteiger charge is 2.44. The Kier molecular flexibility index (Phi) is 2.72. The summed E-state index contributed by atoms with van der Waals surface area (Å²) in [5.41, 5.74) is 0.914. The van der Waals surface area contributed by atoms with Crippen LogP contribution in [0.25, 0.3) is 0 Å². The third-order valence-electron chi connectivity index (χ3n) is 3.14. The fourth-order valence-corrected chi connectivity index (χ4v) is 2.20. The normalized spacial score (nSPS) is 40.2. The molecule has 0 aromatic heterocycles. The minimum absolute atomic E-state index is 0.293. The molecule has 0 unspecified atom stereocenters. The topological polar surface area (TPSA) is 58.9 Å². The van der Waals surface area contributed by atoms with E-state index in [0.717, 1.165) is 5.56 Å². The molecule has 17 heavy (non-hydrogen) atoms. The van der Waals surface area contributed by atoms with Crippen molar-refractivity contribution < 1.29 is 19.7 Å². The van der Waals surface area contributed by atoms with Gasteiger partial charge in [-0.2, -0.15) is 0 Å². The van der Waals surface area contributed by atoms with E-state index in [2.05, 4.69) is 0 Å². The van der Waals surface area contributed by atoms with Gasteiger partial charge in [-0.25, -0.2) is 0 Å². The highest BCUT2D eigenvalue weighted by atomic mass is 16.7. The van der Waals surface area contributed by atoms with E-state index in [9.17, 15) is 10.2 Å². The molecule has 5 atom stereocenters. The van der Waals surface area contributed by atoms with Crippen LogP contribution < -0.4 is 0 Å². The van der Waals surface area contributed by atoms with Gasteiger partial charge in [0.05, 0.1) is 0 Å². The Bertz CT molecular complexity index is 417. The maximum Gasteiger partial charge on any atom is 0.185 e. The zero-order chi connectivity index (χ0) is 11.8. The standard InChI is InChI=1S/C13H14O4/c14-9-6-7-10-12(11(9)15)17-13(16-10)8-4-2-1-3-5-8/h1-7,9-15H/t9-,10-,11-,12-,13-/m0/s1. The lowest BCUT2D eigenvalue weighted by molar-refractivity contribution is -0.0989. The van der Waals surface area contributed by atoms with E-state index in [-0.39, 0.29) is 6.10 Å². The van der Waals surface area contributed by atoms with Gasteiger partial charge in [-0.05, 0) is 0 Å². The van der Waals surface area contributed by atoms with Crippen LogP contribution in [0.4, 0.5) is 0 Å². The minimum atomic E-state index is -0.932. The number of hydrogen-bond donors (Lipinski definition) is 2. The zero-order valence-electron chi connectivity index (χ0n) is 9.14. The molecule has 2 N–H and O–H groups in total. The molecule has 0 saturated carbocycles. The maximum atomic E-state index is 9.81. The van der Waals surface area contributed by atoms with Crippen molar-refractivity contribution >= 4 is 0 Å². The van der Waals surface area contributed by atoms with Crippen molar-refractivity contribution in [3.05, 3.63) is 48.0 Å². The summed E-state index contributed by atoms with van der Waals surface area (Å²) in [6.45, 7) is 0. The second kappa shape index (κ2) is 4.23. The van der Waals surface area contributed by atoms with Gasteiger partial charge in [0.1, 0.15) is 24.4 Å². The average molecular weight is 234 g/mol. The first kappa shape index (κ1) is 10.9. The summed E-state index contributed by atoms with van der Waals surface area (Å²) < 4.78 is 11.3. The third kappa shape index (κ3) is 1.89. The van der Waals surface area contributed by atoms with Crippen LogP contribution in [0.3, 0.4) is 0 Å². The fraction of sp³-hybridized carbons (Fsp3) is 0.385. The Balaban J connectivity index is 1.81. The Labute approximate surface area is 99.1 Å². The second-order valence-corrected chi connectivity index (χ2v) is 4.31. The van der Waals surface area contributed by atoms with Gasteiger partial charge in [0.2, 0.25) is 0 Å². The van der Waals surface area contributed by atoms with E-state index in [0.29, 0.717) is 0 Å². The predicted octanol–water partition coefficient (Wildman–Crippen LogP) is 0.761. The van der Waals surface area contributed by atoms with E-state index < -0.39 is 24.6 Å². The van der Waals surface area contributed by atoms with Crippen LogP contribution >= 0.6 is 0 Å². The average Bonchev–Trinajstić information content (AvgIpc) is 2.80. The number of rotatable bonds is 1. The molecule has 1 aromatic rings. The lowest BCUT2D eigenvalue weighted by Crippen LogP contribution is -2.44. The molecule has 0 amide bonds. The van der Waals surface area contributed by atoms with Crippen molar-refractivity contribution in [2.75, 3.05) is 0 Å². The van der Waals surface area contributed by atoms with Crippen LogP contribution in [0.15, 0.2) is 42.5 Å². The SMILES string of the molecule is O[C@@H]1[C@H]2O[C@@H](c3ccccc3)O[C@H]2C=C[C@@H]1O. The number of fused-ring (bicyclic) bond motifs is 1. The van der Waals surface area contributed by atoms with Crippen LogP contribution in [-0.4, -0.2) is 34.6 Å². The van der Waals surface area contributed by atoms with E-state index in [4.69, 9.17) is 9.47 Å². The van der Waals surface area contributed by atoms with Gasteiger partial charge in [-0.3, -0.25) is 0 Å². The van der Waals surface area contributed by atoms with Gasteiger partial charge < -0.3 is 19.7 Å². The van der Waals surface area contributed by atoms with Crippen molar-refractivity contribution in [1.29, 1.82) is 0 Å². The highest BCUT2D eigenvalue weighted by Crippen LogP contribution is 2.35. The summed E-state index contributed by atoms with van der Waals surface area (Å²) in [5, 5.41) is 19.3. The number of hydrogen-bond acceptors (Lipinski definition) is 4. The largest absolute Gasteiger partial charge is 0.387 e. The van der Waals surface area contributed by atoms with Crippen LogP contribution in [0.5, 0.6) is 0 Å². The molecule has 1 fully saturated rings. The van der Waals surface area contributed by atoms with Gasteiger partial charge in [0, 0.05) is 5.56 Å². The Hall–Kier alpha value is -1.20. The summed E-state index contributed by atoms with van der Waals surface area (Å²) in [4.78, 5) is 0. The van der Waals surface area contributed by atoms with Crippen molar-refractivity contribution in [3.8, 4) is 0 Å².